The van der Waals surface area contributed by atoms with Gasteiger partial charge in [0.25, 0.3) is 0 Å². The number of hydrogen-bond acceptors (Lipinski definition) is 4. The second-order valence-corrected chi connectivity index (χ2v) is 3.91. The molecule has 0 aromatic carbocycles. The van der Waals surface area contributed by atoms with Gasteiger partial charge in [-0.05, 0) is 19.9 Å². The fraction of sp³-hybridized carbons (Fsp3) is 0.600. The molecule has 1 saturated heterocycles. The van der Waals surface area contributed by atoms with Crippen LogP contribution in [0.5, 0.6) is 0 Å². The summed E-state index contributed by atoms with van der Waals surface area (Å²) in [5, 5.41) is 8.85. The lowest BCUT2D eigenvalue weighted by molar-refractivity contribution is -0.141. The smallest absolute Gasteiger partial charge is 0.307 e. The largest absolute Gasteiger partial charge is 0.481 e. The van der Waals surface area contributed by atoms with Crippen molar-refractivity contribution < 1.29 is 14.3 Å². The SMILES string of the molecule is Cc1ocnc1CN1CCC(C(=O)O)C1. The number of likely N-dealkylation sites (tertiary alicyclic amines) is 1. The Hall–Kier alpha value is -1.36. The van der Waals surface area contributed by atoms with Gasteiger partial charge in [0.1, 0.15) is 5.76 Å². The average Bonchev–Trinajstić information content (AvgIpc) is 2.77. The summed E-state index contributed by atoms with van der Waals surface area (Å²) in [5.74, 6) is -0.111. The number of aryl methyl sites for hydroxylation is 1. The van der Waals surface area contributed by atoms with Crippen LogP contribution in [0.25, 0.3) is 0 Å². The Morgan fingerprint density at radius 2 is 2.60 bits per heavy atom. The topological polar surface area (TPSA) is 66.6 Å². The molecule has 0 saturated carbocycles. The molecule has 1 fully saturated rings. The third kappa shape index (κ3) is 2.18. The van der Waals surface area contributed by atoms with E-state index in [2.05, 4.69) is 9.88 Å². The van der Waals surface area contributed by atoms with Gasteiger partial charge in [-0.2, -0.15) is 0 Å². The molecule has 1 aliphatic rings. The molecule has 0 radical (unpaired) electrons. The average molecular weight is 210 g/mol. The van der Waals surface area contributed by atoms with Gasteiger partial charge in [0.2, 0.25) is 0 Å². The first-order chi connectivity index (χ1) is 7.16. The van der Waals surface area contributed by atoms with Crippen molar-refractivity contribution in [2.45, 2.75) is 19.9 Å². The number of carboxylic acid groups (broad SMARTS) is 1. The number of carboxylic acids is 1. The molecule has 1 aromatic rings. The van der Waals surface area contributed by atoms with Crippen molar-refractivity contribution in [2.24, 2.45) is 5.92 Å². The van der Waals surface area contributed by atoms with Crippen molar-refractivity contribution in [3.05, 3.63) is 17.8 Å². The van der Waals surface area contributed by atoms with Crippen LogP contribution in [0.3, 0.4) is 0 Å². The number of hydrogen-bond donors (Lipinski definition) is 1. The van der Waals surface area contributed by atoms with E-state index < -0.39 is 5.97 Å². The molecule has 1 atom stereocenters. The number of aliphatic carboxylic acids is 1. The molecule has 0 spiro atoms. The molecule has 1 aromatic heterocycles. The fourth-order valence-electron chi connectivity index (χ4n) is 1.87. The number of oxazole rings is 1. The van der Waals surface area contributed by atoms with E-state index in [-0.39, 0.29) is 5.92 Å². The molecule has 0 amide bonds. The first-order valence-corrected chi connectivity index (χ1v) is 5.01. The first kappa shape index (κ1) is 10.2. The molecule has 0 aliphatic carbocycles. The van der Waals surface area contributed by atoms with Gasteiger partial charge in [-0.15, -0.1) is 0 Å². The lowest BCUT2D eigenvalue weighted by Gasteiger charge is -2.13. The van der Waals surface area contributed by atoms with Gasteiger partial charge in [-0.3, -0.25) is 9.69 Å². The Morgan fingerprint density at radius 3 is 3.13 bits per heavy atom. The third-order valence-corrected chi connectivity index (χ3v) is 2.84. The standard InChI is InChI=1S/C10H14N2O3/c1-7-9(11-6-15-7)5-12-3-2-8(4-12)10(13)14/h6,8H,2-5H2,1H3,(H,13,14). The Kier molecular flexibility index (Phi) is 2.73. The summed E-state index contributed by atoms with van der Waals surface area (Å²) in [4.78, 5) is 16.9. The summed E-state index contributed by atoms with van der Waals surface area (Å²) in [7, 11) is 0. The first-order valence-electron chi connectivity index (χ1n) is 5.01. The molecule has 5 nitrogen and oxygen atoms in total. The van der Waals surface area contributed by atoms with Crippen LogP contribution in [0.15, 0.2) is 10.8 Å². The molecular weight excluding hydrogens is 196 g/mol. The second kappa shape index (κ2) is 4.02. The molecular formula is C10H14N2O3. The molecule has 82 valence electrons. The van der Waals surface area contributed by atoms with Crippen LogP contribution in [-0.2, 0) is 11.3 Å². The molecule has 15 heavy (non-hydrogen) atoms. The maximum absolute atomic E-state index is 10.8. The summed E-state index contributed by atoms with van der Waals surface area (Å²) < 4.78 is 5.09. The molecule has 0 bridgehead atoms. The zero-order chi connectivity index (χ0) is 10.8. The minimum Gasteiger partial charge on any atom is -0.481 e. The highest BCUT2D eigenvalue weighted by molar-refractivity contribution is 5.70. The van der Waals surface area contributed by atoms with Crippen LogP contribution in [0.4, 0.5) is 0 Å². The van der Waals surface area contributed by atoms with Crippen LogP contribution in [-0.4, -0.2) is 34.0 Å². The number of nitrogens with zero attached hydrogens (tertiary/aromatic N) is 2. The normalized spacial score (nSPS) is 22.1. The zero-order valence-electron chi connectivity index (χ0n) is 8.64. The lowest BCUT2D eigenvalue weighted by Crippen LogP contribution is -2.23. The highest BCUT2D eigenvalue weighted by Gasteiger charge is 2.28. The highest BCUT2D eigenvalue weighted by Crippen LogP contribution is 2.19. The van der Waals surface area contributed by atoms with E-state index in [0.717, 1.165) is 24.4 Å². The maximum Gasteiger partial charge on any atom is 0.307 e. The van der Waals surface area contributed by atoms with Gasteiger partial charge in [-0.1, -0.05) is 0 Å². The van der Waals surface area contributed by atoms with Crippen molar-refractivity contribution in [1.82, 2.24) is 9.88 Å². The van der Waals surface area contributed by atoms with Gasteiger partial charge in [0.15, 0.2) is 6.39 Å². The van der Waals surface area contributed by atoms with Gasteiger partial charge in [-0.25, -0.2) is 4.98 Å². The molecule has 1 N–H and O–H groups in total. The van der Waals surface area contributed by atoms with E-state index in [1.165, 1.54) is 6.39 Å². The predicted molar refractivity (Wildman–Crippen MR) is 52.3 cm³/mol. The van der Waals surface area contributed by atoms with E-state index in [1.807, 2.05) is 6.92 Å². The van der Waals surface area contributed by atoms with E-state index >= 15 is 0 Å². The van der Waals surface area contributed by atoms with E-state index in [9.17, 15) is 4.79 Å². The quantitative estimate of drug-likeness (QED) is 0.802. The summed E-state index contributed by atoms with van der Waals surface area (Å²) in [6.07, 6.45) is 2.15. The Bertz CT molecular complexity index is 361. The molecule has 2 rings (SSSR count). The zero-order valence-corrected chi connectivity index (χ0v) is 8.64. The van der Waals surface area contributed by atoms with Crippen LogP contribution >= 0.6 is 0 Å². The third-order valence-electron chi connectivity index (χ3n) is 2.84. The predicted octanol–water partition coefficient (Wildman–Crippen LogP) is 0.890. The monoisotopic (exact) mass is 210 g/mol. The summed E-state index contributed by atoms with van der Waals surface area (Å²) in [6, 6.07) is 0. The number of rotatable bonds is 3. The Morgan fingerprint density at radius 1 is 1.80 bits per heavy atom. The maximum atomic E-state index is 10.8. The van der Waals surface area contributed by atoms with Crippen LogP contribution in [0.1, 0.15) is 17.9 Å². The number of aromatic nitrogens is 1. The van der Waals surface area contributed by atoms with Crippen LogP contribution < -0.4 is 0 Å². The second-order valence-electron chi connectivity index (χ2n) is 3.91. The van der Waals surface area contributed by atoms with Crippen LogP contribution in [0, 0.1) is 12.8 Å². The van der Waals surface area contributed by atoms with E-state index in [4.69, 9.17) is 9.52 Å². The highest BCUT2D eigenvalue weighted by atomic mass is 16.4. The van der Waals surface area contributed by atoms with Gasteiger partial charge < -0.3 is 9.52 Å². The Labute approximate surface area is 87.7 Å². The van der Waals surface area contributed by atoms with Crippen molar-refractivity contribution in [2.75, 3.05) is 13.1 Å². The van der Waals surface area contributed by atoms with Gasteiger partial charge in [0, 0.05) is 13.1 Å². The molecule has 1 aliphatic heterocycles. The van der Waals surface area contributed by atoms with E-state index in [1.54, 1.807) is 0 Å². The molecule has 2 heterocycles. The van der Waals surface area contributed by atoms with Gasteiger partial charge in [0.05, 0.1) is 11.6 Å². The number of carbonyl (C=O) groups is 1. The Balaban J connectivity index is 1.93. The van der Waals surface area contributed by atoms with Crippen molar-refractivity contribution >= 4 is 5.97 Å². The van der Waals surface area contributed by atoms with Crippen molar-refractivity contribution in [3.8, 4) is 0 Å². The lowest BCUT2D eigenvalue weighted by atomic mass is 10.1. The van der Waals surface area contributed by atoms with Crippen molar-refractivity contribution in [3.63, 3.8) is 0 Å². The molecule has 1 unspecified atom stereocenters. The van der Waals surface area contributed by atoms with E-state index in [0.29, 0.717) is 13.1 Å². The summed E-state index contributed by atoms with van der Waals surface area (Å²) in [6.45, 7) is 3.99. The fourth-order valence-corrected chi connectivity index (χ4v) is 1.87. The van der Waals surface area contributed by atoms with Gasteiger partial charge >= 0.3 is 5.97 Å². The minimum absolute atomic E-state index is 0.225. The summed E-state index contributed by atoms with van der Waals surface area (Å²) >= 11 is 0. The summed E-state index contributed by atoms with van der Waals surface area (Å²) in [5.41, 5.74) is 0.904. The van der Waals surface area contributed by atoms with Crippen LogP contribution in [0.2, 0.25) is 0 Å². The molecule has 5 heteroatoms. The minimum atomic E-state index is -0.700. The van der Waals surface area contributed by atoms with Crippen molar-refractivity contribution in [1.29, 1.82) is 0 Å².